The molecule has 3 N–H and O–H groups in total. The number of nitrogens with two attached hydrogens (primary N) is 1. The number of amides is 1. The summed E-state index contributed by atoms with van der Waals surface area (Å²) in [5.74, 6) is 0.387. The average molecular weight is 267 g/mol. The van der Waals surface area contributed by atoms with Gasteiger partial charge in [0.05, 0.1) is 13.2 Å². The zero-order valence-corrected chi connectivity index (χ0v) is 11.4. The second-order valence-electron chi connectivity index (χ2n) is 4.17. The van der Waals surface area contributed by atoms with E-state index in [0.717, 1.165) is 12.0 Å². The molecule has 0 aliphatic carbocycles. The minimum absolute atomic E-state index is 0.160. The summed E-state index contributed by atoms with van der Waals surface area (Å²) >= 11 is 0. The molecule has 0 saturated carbocycles. The Morgan fingerprint density at radius 1 is 1.47 bits per heavy atom. The molecule has 0 aromatic carbocycles. The lowest BCUT2D eigenvalue weighted by Gasteiger charge is -2.12. The number of rotatable bonds is 8. The summed E-state index contributed by atoms with van der Waals surface area (Å²) in [7, 11) is 3.19. The van der Waals surface area contributed by atoms with Crippen molar-refractivity contribution in [1.82, 2.24) is 10.3 Å². The minimum Gasteiger partial charge on any atom is -0.481 e. The predicted octanol–water partition coefficient (Wildman–Crippen LogP) is 0.460. The molecule has 0 spiro atoms. The Morgan fingerprint density at radius 2 is 2.26 bits per heavy atom. The fraction of sp³-hybridized carbons (Fsp3) is 0.538. The van der Waals surface area contributed by atoms with Crippen molar-refractivity contribution >= 4 is 5.91 Å². The maximum absolute atomic E-state index is 11.7. The van der Waals surface area contributed by atoms with Gasteiger partial charge in [-0.25, -0.2) is 4.98 Å². The molecule has 19 heavy (non-hydrogen) atoms. The number of pyridine rings is 1. The molecule has 1 aromatic rings. The highest BCUT2D eigenvalue weighted by Gasteiger charge is 2.12. The van der Waals surface area contributed by atoms with Crippen LogP contribution in [-0.2, 0) is 16.1 Å². The number of hydrogen-bond acceptors (Lipinski definition) is 5. The molecule has 6 nitrogen and oxygen atoms in total. The van der Waals surface area contributed by atoms with E-state index in [1.54, 1.807) is 26.5 Å². The maximum atomic E-state index is 11.7. The van der Waals surface area contributed by atoms with Crippen LogP contribution >= 0.6 is 0 Å². The van der Waals surface area contributed by atoms with E-state index in [1.807, 2.05) is 6.07 Å². The zero-order valence-electron chi connectivity index (χ0n) is 11.4. The molecule has 1 amide bonds. The lowest BCUT2D eigenvalue weighted by molar-refractivity contribution is -0.122. The Hall–Kier alpha value is -1.66. The number of methoxy groups -OCH3 is 2. The number of hydrogen-bond donors (Lipinski definition) is 2. The van der Waals surface area contributed by atoms with Crippen molar-refractivity contribution in [2.75, 3.05) is 20.8 Å². The van der Waals surface area contributed by atoms with E-state index < -0.39 is 6.04 Å². The predicted molar refractivity (Wildman–Crippen MR) is 71.7 cm³/mol. The molecule has 1 rings (SSSR count). The third-order valence-electron chi connectivity index (χ3n) is 2.67. The van der Waals surface area contributed by atoms with Gasteiger partial charge >= 0.3 is 0 Å². The van der Waals surface area contributed by atoms with Crippen LogP contribution in [0, 0.1) is 0 Å². The van der Waals surface area contributed by atoms with Crippen molar-refractivity contribution in [1.29, 1.82) is 0 Å². The SMILES string of the molecule is COCCCC(N)C(=O)NCc1ccc(OC)nc1. The molecule has 0 saturated heterocycles. The van der Waals surface area contributed by atoms with Gasteiger partial charge in [-0.2, -0.15) is 0 Å². The number of nitrogens with zero attached hydrogens (tertiary/aromatic N) is 1. The van der Waals surface area contributed by atoms with Crippen LogP contribution in [0.2, 0.25) is 0 Å². The summed E-state index contributed by atoms with van der Waals surface area (Å²) in [6, 6.07) is 3.10. The van der Waals surface area contributed by atoms with Crippen LogP contribution in [0.25, 0.3) is 0 Å². The van der Waals surface area contributed by atoms with Crippen molar-refractivity contribution in [3.63, 3.8) is 0 Å². The van der Waals surface area contributed by atoms with Crippen LogP contribution in [0.15, 0.2) is 18.3 Å². The summed E-state index contributed by atoms with van der Waals surface area (Å²) in [5, 5.41) is 2.78. The molecule has 0 bridgehead atoms. The monoisotopic (exact) mass is 267 g/mol. The number of ether oxygens (including phenoxy) is 2. The van der Waals surface area contributed by atoms with Gasteiger partial charge in [-0.3, -0.25) is 4.79 Å². The van der Waals surface area contributed by atoms with Gasteiger partial charge in [-0.1, -0.05) is 6.07 Å². The summed E-state index contributed by atoms with van der Waals surface area (Å²) in [5.41, 5.74) is 6.67. The van der Waals surface area contributed by atoms with Crippen LogP contribution in [0.4, 0.5) is 0 Å². The number of carbonyl (C=O) groups is 1. The average Bonchev–Trinajstić information content (AvgIpc) is 2.45. The molecule has 0 fully saturated rings. The van der Waals surface area contributed by atoms with E-state index in [9.17, 15) is 4.79 Å². The van der Waals surface area contributed by atoms with E-state index in [2.05, 4.69) is 10.3 Å². The minimum atomic E-state index is -0.499. The Bertz CT molecular complexity index is 381. The highest BCUT2D eigenvalue weighted by molar-refractivity contribution is 5.81. The van der Waals surface area contributed by atoms with Crippen molar-refractivity contribution in [3.8, 4) is 5.88 Å². The largest absolute Gasteiger partial charge is 0.481 e. The zero-order chi connectivity index (χ0) is 14.1. The standard InChI is InChI=1S/C13H21N3O3/c1-18-7-3-4-11(14)13(17)16-9-10-5-6-12(19-2)15-8-10/h5-6,8,11H,3-4,7,9,14H2,1-2H3,(H,16,17). The summed E-state index contributed by atoms with van der Waals surface area (Å²) < 4.78 is 9.87. The van der Waals surface area contributed by atoms with Crippen LogP contribution in [0.1, 0.15) is 18.4 Å². The van der Waals surface area contributed by atoms with E-state index in [-0.39, 0.29) is 5.91 Å². The summed E-state index contributed by atoms with van der Waals surface area (Å²) in [4.78, 5) is 15.8. The van der Waals surface area contributed by atoms with Gasteiger partial charge in [-0.15, -0.1) is 0 Å². The molecule has 1 aromatic heterocycles. The number of nitrogens with one attached hydrogen (secondary N) is 1. The van der Waals surface area contributed by atoms with Crippen LogP contribution in [0.5, 0.6) is 5.88 Å². The van der Waals surface area contributed by atoms with Gasteiger partial charge < -0.3 is 20.5 Å². The smallest absolute Gasteiger partial charge is 0.237 e. The normalized spacial score (nSPS) is 11.9. The fourth-order valence-corrected chi connectivity index (χ4v) is 1.54. The second kappa shape index (κ2) is 8.44. The van der Waals surface area contributed by atoms with E-state index >= 15 is 0 Å². The first-order valence-corrected chi connectivity index (χ1v) is 6.18. The highest BCUT2D eigenvalue weighted by atomic mass is 16.5. The lowest BCUT2D eigenvalue weighted by atomic mass is 10.1. The van der Waals surface area contributed by atoms with Gasteiger partial charge in [0.25, 0.3) is 0 Å². The van der Waals surface area contributed by atoms with Gasteiger partial charge in [0.2, 0.25) is 11.8 Å². The fourth-order valence-electron chi connectivity index (χ4n) is 1.54. The van der Waals surface area contributed by atoms with Crippen molar-refractivity contribution in [2.45, 2.75) is 25.4 Å². The Kier molecular flexibility index (Phi) is 6.84. The summed E-state index contributed by atoms with van der Waals surface area (Å²) in [6.07, 6.45) is 3.05. The van der Waals surface area contributed by atoms with Crippen molar-refractivity contribution in [2.24, 2.45) is 5.73 Å². The van der Waals surface area contributed by atoms with Crippen LogP contribution in [-0.4, -0.2) is 37.8 Å². The summed E-state index contributed by atoms with van der Waals surface area (Å²) in [6.45, 7) is 1.02. The Labute approximate surface area is 113 Å². The molecule has 1 atom stereocenters. The molecule has 1 heterocycles. The third kappa shape index (κ3) is 5.67. The first kappa shape index (κ1) is 15.4. The molecule has 0 aliphatic rings. The van der Waals surface area contributed by atoms with E-state index in [0.29, 0.717) is 25.5 Å². The van der Waals surface area contributed by atoms with Gasteiger partial charge in [0.15, 0.2) is 0 Å². The Balaban J connectivity index is 2.32. The van der Waals surface area contributed by atoms with Crippen molar-refractivity contribution < 1.29 is 14.3 Å². The molecule has 0 radical (unpaired) electrons. The highest BCUT2D eigenvalue weighted by Crippen LogP contribution is 2.06. The van der Waals surface area contributed by atoms with Crippen LogP contribution < -0.4 is 15.8 Å². The molecule has 0 aliphatic heterocycles. The molecular weight excluding hydrogens is 246 g/mol. The quantitative estimate of drug-likeness (QED) is 0.668. The van der Waals surface area contributed by atoms with Crippen LogP contribution in [0.3, 0.4) is 0 Å². The number of carbonyl (C=O) groups excluding carboxylic acids is 1. The third-order valence-corrected chi connectivity index (χ3v) is 2.67. The molecule has 1 unspecified atom stereocenters. The Morgan fingerprint density at radius 3 is 2.84 bits per heavy atom. The maximum Gasteiger partial charge on any atom is 0.237 e. The molecular formula is C13H21N3O3. The first-order chi connectivity index (χ1) is 9.17. The first-order valence-electron chi connectivity index (χ1n) is 6.18. The van der Waals surface area contributed by atoms with E-state index in [4.69, 9.17) is 15.2 Å². The number of aromatic nitrogens is 1. The van der Waals surface area contributed by atoms with E-state index in [1.165, 1.54) is 0 Å². The molecule has 106 valence electrons. The van der Waals surface area contributed by atoms with Gasteiger partial charge in [-0.05, 0) is 18.4 Å². The lowest BCUT2D eigenvalue weighted by Crippen LogP contribution is -2.40. The second-order valence-corrected chi connectivity index (χ2v) is 4.17. The van der Waals surface area contributed by atoms with Gasteiger partial charge in [0.1, 0.15) is 0 Å². The van der Waals surface area contributed by atoms with Gasteiger partial charge in [0, 0.05) is 32.5 Å². The topological polar surface area (TPSA) is 86.5 Å². The van der Waals surface area contributed by atoms with Crippen molar-refractivity contribution in [3.05, 3.63) is 23.9 Å². The molecule has 6 heteroatoms.